The summed E-state index contributed by atoms with van der Waals surface area (Å²) in [6, 6.07) is 13.9. The van der Waals surface area contributed by atoms with Gasteiger partial charge in [-0.05, 0) is 66.9 Å². The van der Waals surface area contributed by atoms with E-state index in [-0.39, 0.29) is 17.4 Å². The molecule has 2 aromatic heterocycles. The van der Waals surface area contributed by atoms with Gasteiger partial charge in [-0.2, -0.15) is 0 Å². The van der Waals surface area contributed by atoms with Gasteiger partial charge in [0.05, 0.1) is 21.8 Å². The average molecular weight is 484 g/mol. The topological polar surface area (TPSA) is 92.6 Å². The molecule has 174 valence electrons. The standard InChI is InChI=1S/C27H21N3O4S/c1-14-5-7-19-21(10-14)35-27(29-19)30-23(17-4-3-9-28-13-17)22(25(32)26(30)33)24(31)16-6-8-20-18(12-16)11-15(2)34-20/h3-10,12-13,15,23,31H,11H2,1-2H3. The molecule has 6 rings (SSSR count). The van der Waals surface area contributed by atoms with Crippen molar-refractivity contribution in [2.45, 2.75) is 32.4 Å². The molecule has 1 N–H and O–H groups in total. The first-order valence-corrected chi connectivity index (χ1v) is 12.1. The summed E-state index contributed by atoms with van der Waals surface area (Å²) in [6.07, 6.45) is 3.98. The van der Waals surface area contributed by atoms with E-state index >= 15 is 0 Å². The molecule has 2 atom stereocenters. The Morgan fingerprint density at radius 1 is 1.17 bits per heavy atom. The number of anilines is 1. The van der Waals surface area contributed by atoms with Crippen LogP contribution in [0.25, 0.3) is 16.0 Å². The van der Waals surface area contributed by atoms with Gasteiger partial charge < -0.3 is 9.84 Å². The van der Waals surface area contributed by atoms with Crippen LogP contribution in [0.1, 0.15) is 35.2 Å². The molecule has 4 aromatic rings. The highest BCUT2D eigenvalue weighted by Crippen LogP contribution is 2.44. The normalized spacial score (nSPS) is 20.9. The minimum absolute atomic E-state index is 0.0188. The third-order valence-electron chi connectivity index (χ3n) is 6.35. The van der Waals surface area contributed by atoms with Crippen molar-refractivity contribution in [2.75, 3.05) is 4.90 Å². The van der Waals surface area contributed by atoms with Crippen molar-refractivity contribution in [3.8, 4) is 5.75 Å². The van der Waals surface area contributed by atoms with Gasteiger partial charge >= 0.3 is 5.91 Å². The maximum absolute atomic E-state index is 13.4. The number of rotatable bonds is 3. The first-order chi connectivity index (χ1) is 16.9. The quantitative estimate of drug-likeness (QED) is 0.252. The number of amides is 1. The summed E-state index contributed by atoms with van der Waals surface area (Å²) in [5.41, 5.74) is 3.87. The molecular weight excluding hydrogens is 462 g/mol. The Balaban J connectivity index is 1.53. The van der Waals surface area contributed by atoms with Gasteiger partial charge in [0.2, 0.25) is 0 Å². The van der Waals surface area contributed by atoms with E-state index in [1.807, 2.05) is 38.1 Å². The van der Waals surface area contributed by atoms with Gasteiger partial charge in [0.15, 0.2) is 5.13 Å². The lowest BCUT2D eigenvalue weighted by atomic mass is 9.95. The molecule has 0 bridgehead atoms. The van der Waals surface area contributed by atoms with Crippen LogP contribution in [0, 0.1) is 6.92 Å². The molecule has 4 heterocycles. The summed E-state index contributed by atoms with van der Waals surface area (Å²) in [6.45, 7) is 3.97. The molecule has 0 radical (unpaired) electrons. The molecule has 8 heteroatoms. The summed E-state index contributed by atoms with van der Waals surface area (Å²) < 4.78 is 6.68. The lowest BCUT2D eigenvalue weighted by Crippen LogP contribution is -2.29. The second kappa shape index (κ2) is 8.02. The maximum atomic E-state index is 13.4. The number of carbonyl (C=O) groups is 2. The molecule has 2 aliphatic rings. The van der Waals surface area contributed by atoms with Gasteiger partial charge in [-0.15, -0.1) is 0 Å². The van der Waals surface area contributed by atoms with Crippen LogP contribution in [0.3, 0.4) is 0 Å². The smallest absolute Gasteiger partial charge is 0.301 e. The van der Waals surface area contributed by atoms with Crippen molar-refractivity contribution in [1.82, 2.24) is 9.97 Å². The molecule has 2 aromatic carbocycles. The lowest BCUT2D eigenvalue weighted by molar-refractivity contribution is -0.132. The molecule has 1 amide bonds. The summed E-state index contributed by atoms with van der Waals surface area (Å²) in [5.74, 6) is -0.937. The van der Waals surface area contributed by atoms with E-state index in [4.69, 9.17) is 4.74 Å². The van der Waals surface area contributed by atoms with Crippen LogP contribution < -0.4 is 9.64 Å². The van der Waals surface area contributed by atoms with Crippen LogP contribution in [0.15, 0.2) is 66.5 Å². The van der Waals surface area contributed by atoms with E-state index in [0.29, 0.717) is 22.7 Å². The number of thiazole rings is 1. The number of aryl methyl sites for hydroxylation is 1. The molecular formula is C27H21N3O4S. The number of ketones is 1. The van der Waals surface area contributed by atoms with E-state index in [1.165, 1.54) is 16.2 Å². The van der Waals surface area contributed by atoms with Gasteiger partial charge in [-0.1, -0.05) is 23.5 Å². The van der Waals surface area contributed by atoms with Crippen molar-refractivity contribution in [3.05, 3.63) is 88.8 Å². The average Bonchev–Trinajstić information content (AvgIpc) is 3.51. The highest BCUT2D eigenvalue weighted by atomic mass is 32.1. The molecule has 0 saturated carbocycles. The maximum Gasteiger partial charge on any atom is 0.301 e. The van der Waals surface area contributed by atoms with E-state index in [9.17, 15) is 14.7 Å². The number of nitrogens with zero attached hydrogens (tertiary/aromatic N) is 3. The van der Waals surface area contributed by atoms with Crippen molar-refractivity contribution in [2.24, 2.45) is 0 Å². The number of hydrogen-bond donors (Lipinski definition) is 1. The molecule has 2 aliphatic heterocycles. The molecule has 1 fully saturated rings. The zero-order valence-corrected chi connectivity index (χ0v) is 19.9. The number of aliphatic hydroxyl groups excluding tert-OH is 1. The van der Waals surface area contributed by atoms with Crippen molar-refractivity contribution in [1.29, 1.82) is 0 Å². The molecule has 0 spiro atoms. The highest BCUT2D eigenvalue weighted by molar-refractivity contribution is 7.22. The number of fused-ring (bicyclic) bond motifs is 2. The first-order valence-electron chi connectivity index (χ1n) is 11.3. The summed E-state index contributed by atoms with van der Waals surface area (Å²) in [5, 5.41) is 11.8. The molecule has 0 aliphatic carbocycles. The van der Waals surface area contributed by atoms with Gasteiger partial charge in [0, 0.05) is 24.4 Å². The SMILES string of the molecule is Cc1ccc2nc(N3C(=O)C(=O)C(=C(O)c4ccc5c(c4)CC(C)O5)C3c3cccnc3)sc2c1. The predicted octanol–water partition coefficient (Wildman–Crippen LogP) is 4.95. The van der Waals surface area contributed by atoms with Crippen molar-refractivity contribution >= 4 is 44.1 Å². The van der Waals surface area contributed by atoms with Gasteiger partial charge in [-0.25, -0.2) is 4.98 Å². The number of aliphatic hydroxyl groups is 1. The highest BCUT2D eigenvalue weighted by Gasteiger charge is 2.48. The first kappa shape index (κ1) is 21.5. The number of aromatic nitrogens is 2. The monoisotopic (exact) mass is 483 g/mol. The molecule has 1 saturated heterocycles. The third-order valence-corrected chi connectivity index (χ3v) is 7.37. The van der Waals surface area contributed by atoms with Gasteiger partial charge in [0.25, 0.3) is 5.78 Å². The zero-order valence-electron chi connectivity index (χ0n) is 19.1. The fourth-order valence-corrected chi connectivity index (χ4v) is 5.82. The second-order valence-electron chi connectivity index (χ2n) is 8.88. The van der Waals surface area contributed by atoms with Crippen LogP contribution in [0.4, 0.5) is 5.13 Å². The van der Waals surface area contributed by atoms with Crippen LogP contribution in [-0.4, -0.2) is 32.9 Å². The Morgan fingerprint density at radius 2 is 2.03 bits per heavy atom. The van der Waals surface area contributed by atoms with Crippen LogP contribution in [0.5, 0.6) is 5.75 Å². The van der Waals surface area contributed by atoms with Crippen molar-refractivity contribution < 1.29 is 19.4 Å². The number of carbonyl (C=O) groups excluding carboxylic acids is 2. The van der Waals surface area contributed by atoms with Crippen molar-refractivity contribution in [3.63, 3.8) is 0 Å². The Bertz CT molecular complexity index is 1540. The predicted molar refractivity (Wildman–Crippen MR) is 134 cm³/mol. The minimum Gasteiger partial charge on any atom is -0.507 e. The molecule has 2 unspecified atom stereocenters. The fourth-order valence-electron chi connectivity index (χ4n) is 4.73. The van der Waals surface area contributed by atoms with Gasteiger partial charge in [0.1, 0.15) is 17.6 Å². The number of Topliss-reactive ketones (excluding diaryl/α,β-unsaturated/α-hetero) is 1. The van der Waals surface area contributed by atoms with Crippen LogP contribution >= 0.6 is 11.3 Å². The number of pyridine rings is 1. The molecule has 7 nitrogen and oxygen atoms in total. The number of benzene rings is 2. The Morgan fingerprint density at radius 3 is 2.83 bits per heavy atom. The summed E-state index contributed by atoms with van der Waals surface area (Å²) in [4.78, 5) is 37.0. The van der Waals surface area contributed by atoms with E-state index in [2.05, 4.69) is 9.97 Å². The largest absolute Gasteiger partial charge is 0.507 e. The Kier molecular flexibility index (Phi) is 4.93. The Labute approximate surface area is 205 Å². The van der Waals surface area contributed by atoms with E-state index in [0.717, 1.165) is 27.1 Å². The number of ether oxygens (including phenoxy) is 1. The molecule has 35 heavy (non-hydrogen) atoms. The fraction of sp³-hybridized carbons (Fsp3) is 0.185. The lowest BCUT2D eigenvalue weighted by Gasteiger charge is -2.22. The number of hydrogen-bond acceptors (Lipinski definition) is 7. The zero-order chi connectivity index (χ0) is 24.3. The van der Waals surface area contributed by atoms with E-state index in [1.54, 1.807) is 36.7 Å². The van der Waals surface area contributed by atoms with Crippen LogP contribution in [-0.2, 0) is 16.0 Å². The van der Waals surface area contributed by atoms with E-state index < -0.39 is 17.7 Å². The second-order valence-corrected chi connectivity index (χ2v) is 9.89. The summed E-state index contributed by atoms with van der Waals surface area (Å²) >= 11 is 1.34. The Hall–Kier alpha value is -4.04. The summed E-state index contributed by atoms with van der Waals surface area (Å²) in [7, 11) is 0. The van der Waals surface area contributed by atoms with Crippen LogP contribution in [0.2, 0.25) is 0 Å². The third kappa shape index (κ3) is 3.49. The minimum atomic E-state index is -0.853. The van der Waals surface area contributed by atoms with Gasteiger partial charge in [-0.3, -0.25) is 19.5 Å².